The number of hydrogen-bond donors (Lipinski definition) is 0. The van der Waals surface area contributed by atoms with Crippen LogP contribution in [0.15, 0.2) is 0 Å². The van der Waals surface area contributed by atoms with Crippen LogP contribution in [-0.4, -0.2) is 5.97 Å². The molecule has 0 aromatic heterocycles. The van der Waals surface area contributed by atoms with Gasteiger partial charge in [0.25, 0.3) is 0 Å². The molecular formula is C10H17O2-. The highest BCUT2D eigenvalue weighted by Crippen LogP contribution is 2.30. The van der Waals surface area contributed by atoms with Gasteiger partial charge in [-0.05, 0) is 24.7 Å². The molecule has 0 saturated heterocycles. The average molecular weight is 169 g/mol. The third-order valence-electron chi connectivity index (χ3n) is 2.97. The van der Waals surface area contributed by atoms with Crippen molar-refractivity contribution in [1.82, 2.24) is 0 Å². The van der Waals surface area contributed by atoms with Crippen LogP contribution >= 0.6 is 0 Å². The maximum atomic E-state index is 10.4. The predicted molar refractivity (Wildman–Crippen MR) is 45.4 cm³/mol. The van der Waals surface area contributed by atoms with E-state index < -0.39 is 5.97 Å². The number of carboxylic acid groups (broad SMARTS) is 1. The van der Waals surface area contributed by atoms with Gasteiger partial charge in [-0.1, -0.05) is 32.6 Å². The van der Waals surface area contributed by atoms with Crippen molar-refractivity contribution in [3.05, 3.63) is 0 Å². The molecule has 0 spiro atoms. The maximum absolute atomic E-state index is 10.4. The molecule has 2 heteroatoms. The van der Waals surface area contributed by atoms with Gasteiger partial charge in [0.05, 0.1) is 0 Å². The Hall–Kier alpha value is -0.530. The molecule has 0 aliphatic heterocycles. The van der Waals surface area contributed by atoms with Gasteiger partial charge >= 0.3 is 0 Å². The molecule has 0 heterocycles. The largest absolute Gasteiger partial charge is 0.550 e. The lowest BCUT2D eigenvalue weighted by molar-refractivity contribution is -0.307. The number of rotatable bonds is 2. The summed E-state index contributed by atoms with van der Waals surface area (Å²) >= 11 is 0. The molecule has 0 N–H and O–H groups in total. The fourth-order valence-electron chi connectivity index (χ4n) is 2.09. The summed E-state index contributed by atoms with van der Waals surface area (Å²) in [4.78, 5) is 10.4. The van der Waals surface area contributed by atoms with Gasteiger partial charge in [-0.2, -0.15) is 0 Å². The molecule has 0 amide bonds. The molecule has 2 unspecified atom stereocenters. The van der Waals surface area contributed by atoms with Crippen LogP contribution in [0.3, 0.4) is 0 Å². The summed E-state index contributed by atoms with van der Waals surface area (Å²) in [6.07, 6.45) is 6.27. The number of hydrogen-bond acceptors (Lipinski definition) is 2. The lowest BCUT2D eigenvalue weighted by Crippen LogP contribution is -2.27. The van der Waals surface area contributed by atoms with Crippen molar-refractivity contribution < 1.29 is 9.90 Å². The average Bonchev–Trinajstić information content (AvgIpc) is 2.16. The smallest absolute Gasteiger partial charge is 0.0417 e. The Morgan fingerprint density at radius 3 is 2.67 bits per heavy atom. The molecule has 1 saturated carbocycles. The second-order valence-electron chi connectivity index (χ2n) is 3.95. The Labute approximate surface area is 74.0 Å². The zero-order valence-corrected chi connectivity index (χ0v) is 7.71. The number of aliphatic carboxylic acids is 1. The van der Waals surface area contributed by atoms with Crippen molar-refractivity contribution >= 4 is 5.97 Å². The SMILES string of the molecule is CC1CCCCCC1CC(=O)[O-]. The zero-order chi connectivity index (χ0) is 8.97. The summed E-state index contributed by atoms with van der Waals surface area (Å²) in [5.74, 6) is 0.0663. The van der Waals surface area contributed by atoms with E-state index in [9.17, 15) is 9.90 Å². The third-order valence-corrected chi connectivity index (χ3v) is 2.97. The van der Waals surface area contributed by atoms with Gasteiger partial charge in [-0.15, -0.1) is 0 Å². The van der Waals surface area contributed by atoms with Crippen LogP contribution in [0.4, 0.5) is 0 Å². The minimum atomic E-state index is -0.881. The minimum Gasteiger partial charge on any atom is -0.550 e. The monoisotopic (exact) mass is 169 g/mol. The van der Waals surface area contributed by atoms with Gasteiger partial charge in [0.1, 0.15) is 0 Å². The molecule has 1 fully saturated rings. The second kappa shape index (κ2) is 4.48. The molecular weight excluding hydrogens is 152 g/mol. The van der Waals surface area contributed by atoms with Gasteiger partial charge in [-0.3, -0.25) is 0 Å². The van der Waals surface area contributed by atoms with E-state index in [2.05, 4.69) is 6.92 Å². The summed E-state index contributed by atoms with van der Waals surface area (Å²) in [6.45, 7) is 2.17. The molecule has 0 aromatic rings. The van der Waals surface area contributed by atoms with E-state index in [0.29, 0.717) is 11.8 Å². The van der Waals surface area contributed by atoms with E-state index in [1.54, 1.807) is 0 Å². The summed E-state index contributed by atoms with van der Waals surface area (Å²) in [5.41, 5.74) is 0. The van der Waals surface area contributed by atoms with Crippen molar-refractivity contribution in [2.45, 2.75) is 45.4 Å². The Balaban J connectivity index is 2.41. The predicted octanol–water partition coefficient (Wildman–Crippen LogP) is 1.34. The molecule has 70 valence electrons. The van der Waals surface area contributed by atoms with Gasteiger partial charge in [-0.25, -0.2) is 0 Å². The van der Waals surface area contributed by atoms with Crippen LogP contribution in [0.25, 0.3) is 0 Å². The van der Waals surface area contributed by atoms with Gasteiger partial charge < -0.3 is 9.90 Å². The van der Waals surface area contributed by atoms with E-state index in [1.807, 2.05) is 0 Å². The Morgan fingerprint density at radius 1 is 1.33 bits per heavy atom. The van der Waals surface area contributed by atoms with Gasteiger partial charge in [0.2, 0.25) is 0 Å². The highest BCUT2D eigenvalue weighted by molar-refractivity contribution is 5.64. The van der Waals surface area contributed by atoms with E-state index in [1.165, 1.54) is 25.7 Å². The van der Waals surface area contributed by atoms with Crippen LogP contribution < -0.4 is 5.11 Å². The molecule has 2 atom stereocenters. The van der Waals surface area contributed by atoms with Crippen molar-refractivity contribution in [3.63, 3.8) is 0 Å². The third kappa shape index (κ3) is 2.84. The standard InChI is InChI=1S/C10H18O2/c1-8-5-3-2-4-6-9(8)7-10(11)12/h8-9H,2-7H2,1H3,(H,11,12)/p-1. The van der Waals surface area contributed by atoms with Crippen LogP contribution in [0, 0.1) is 11.8 Å². The maximum Gasteiger partial charge on any atom is 0.0417 e. The zero-order valence-electron chi connectivity index (χ0n) is 7.71. The molecule has 2 nitrogen and oxygen atoms in total. The number of carbonyl (C=O) groups is 1. The minimum absolute atomic E-state index is 0.265. The fourth-order valence-corrected chi connectivity index (χ4v) is 2.09. The van der Waals surface area contributed by atoms with Crippen LogP contribution in [0.2, 0.25) is 0 Å². The quantitative estimate of drug-likeness (QED) is 0.585. The summed E-state index contributed by atoms with van der Waals surface area (Å²) in [5, 5.41) is 10.4. The lowest BCUT2D eigenvalue weighted by Gasteiger charge is -2.21. The Kier molecular flexibility index (Phi) is 3.57. The molecule has 1 rings (SSSR count). The van der Waals surface area contributed by atoms with Crippen LogP contribution in [-0.2, 0) is 4.79 Å². The number of carbonyl (C=O) groups excluding carboxylic acids is 1. The van der Waals surface area contributed by atoms with Crippen molar-refractivity contribution in [3.8, 4) is 0 Å². The second-order valence-corrected chi connectivity index (χ2v) is 3.95. The van der Waals surface area contributed by atoms with E-state index >= 15 is 0 Å². The van der Waals surface area contributed by atoms with Gasteiger partial charge in [0, 0.05) is 5.97 Å². The highest BCUT2D eigenvalue weighted by atomic mass is 16.4. The summed E-state index contributed by atoms with van der Waals surface area (Å²) in [6, 6.07) is 0. The molecule has 12 heavy (non-hydrogen) atoms. The first-order valence-corrected chi connectivity index (χ1v) is 4.90. The van der Waals surface area contributed by atoms with E-state index in [0.717, 1.165) is 6.42 Å². The van der Waals surface area contributed by atoms with Crippen molar-refractivity contribution in [2.24, 2.45) is 11.8 Å². The molecule has 0 aromatic carbocycles. The molecule has 0 radical (unpaired) electrons. The van der Waals surface area contributed by atoms with Crippen LogP contribution in [0.5, 0.6) is 0 Å². The summed E-state index contributed by atoms with van der Waals surface area (Å²) in [7, 11) is 0. The van der Waals surface area contributed by atoms with E-state index in [-0.39, 0.29) is 6.42 Å². The first kappa shape index (κ1) is 9.56. The Bertz CT molecular complexity index is 154. The first-order chi connectivity index (χ1) is 5.70. The van der Waals surface area contributed by atoms with Crippen molar-refractivity contribution in [1.29, 1.82) is 0 Å². The van der Waals surface area contributed by atoms with E-state index in [4.69, 9.17) is 0 Å². The molecule has 1 aliphatic carbocycles. The fraction of sp³-hybridized carbons (Fsp3) is 0.900. The molecule has 0 bridgehead atoms. The lowest BCUT2D eigenvalue weighted by atomic mass is 9.87. The van der Waals surface area contributed by atoms with Crippen LogP contribution in [0.1, 0.15) is 45.4 Å². The molecule has 1 aliphatic rings. The normalized spacial score (nSPS) is 31.1. The Morgan fingerprint density at radius 2 is 2.00 bits per heavy atom. The number of carboxylic acids is 1. The van der Waals surface area contributed by atoms with Crippen molar-refractivity contribution in [2.75, 3.05) is 0 Å². The first-order valence-electron chi connectivity index (χ1n) is 4.90. The highest BCUT2D eigenvalue weighted by Gasteiger charge is 2.19. The van der Waals surface area contributed by atoms with Gasteiger partial charge in [0.15, 0.2) is 0 Å². The topological polar surface area (TPSA) is 40.1 Å². The summed E-state index contributed by atoms with van der Waals surface area (Å²) < 4.78 is 0.